The molecule has 14 heavy (non-hydrogen) atoms. The average molecular weight is 193 g/mol. The van der Waals surface area contributed by atoms with Crippen LogP contribution in [0.25, 0.3) is 0 Å². The fourth-order valence-corrected chi connectivity index (χ4v) is 1.90. The van der Waals surface area contributed by atoms with Crippen LogP contribution in [0.1, 0.15) is 31.2 Å². The van der Waals surface area contributed by atoms with Gasteiger partial charge >= 0.3 is 0 Å². The smallest absolute Gasteiger partial charge is 0.225 e. The highest BCUT2D eigenvalue weighted by molar-refractivity contribution is 5.94. The normalized spacial score (nSPS) is 20.1. The number of anilines is 1. The molecule has 1 aliphatic rings. The van der Waals surface area contributed by atoms with E-state index in [2.05, 4.69) is 5.32 Å². The number of fused-ring (bicyclic) bond motifs is 1. The minimum Gasteiger partial charge on any atom is -0.323 e. The van der Waals surface area contributed by atoms with E-state index in [1.54, 1.807) is 6.07 Å². The molecule has 0 aromatic heterocycles. The Balaban J connectivity index is 2.50. The van der Waals surface area contributed by atoms with Gasteiger partial charge in [0.15, 0.2) is 0 Å². The number of amides is 1. The molecule has 3 heteroatoms. The zero-order valence-corrected chi connectivity index (χ0v) is 8.01. The number of benzene rings is 1. The molecule has 1 heterocycles. The number of para-hydroxylation sites is 1. The van der Waals surface area contributed by atoms with Crippen LogP contribution in [0, 0.1) is 5.82 Å². The third kappa shape index (κ3) is 1.39. The van der Waals surface area contributed by atoms with Gasteiger partial charge in [-0.15, -0.1) is 0 Å². The van der Waals surface area contributed by atoms with Crippen LogP contribution in [0.4, 0.5) is 10.1 Å². The summed E-state index contributed by atoms with van der Waals surface area (Å²) in [7, 11) is 0. The molecule has 1 unspecified atom stereocenters. The van der Waals surface area contributed by atoms with Crippen molar-refractivity contribution in [1.29, 1.82) is 0 Å². The van der Waals surface area contributed by atoms with E-state index < -0.39 is 0 Å². The van der Waals surface area contributed by atoms with Gasteiger partial charge in [0.25, 0.3) is 0 Å². The Morgan fingerprint density at radius 3 is 3.07 bits per heavy atom. The zero-order chi connectivity index (χ0) is 10.1. The molecule has 74 valence electrons. The highest BCUT2D eigenvalue weighted by Crippen LogP contribution is 2.35. The molecular formula is C11H12FNO. The Hall–Kier alpha value is -1.38. The first-order chi connectivity index (χ1) is 6.72. The van der Waals surface area contributed by atoms with E-state index in [-0.39, 0.29) is 17.6 Å². The second-order valence-electron chi connectivity index (χ2n) is 3.56. The summed E-state index contributed by atoms with van der Waals surface area (Å²) in [5.74, 6) is -0.266. The first-order valence-corrected chi connectivity index (χ1v) is 4.80. The molecule has 0 spiro atoms. The Morgan fingerprint density at radius 2 is 2.36 bits per heavy atom. The summed E-state index contributed by atoms with van der Waals surface area (Å²) in [6.45, 7) is 2.01. The van der Waals surface area contributed by atoms with E-state index in [1.807, 2.05) is 13.0 Å². The van der Waals surface area contributed by atoms with Crippen LogP contribution in [0.15, 0.2) is 18.2 Å². The van der Waals surface area contributed by atoms with Crippen LogP contribution in [0.3, 0.4) is 0 Å². The monoisotopic (exact) mass is 193 g/mol. The SMILES string of the molecule is CCC1CC(=O)Nc2c(F)cccc21. The Labute approximate surface area is 82.1 Å². The summed E-state index contributed by atoms with van der Waals surface area (Å²) < 4.78 is 13.3. The maximum atomic E-state index is 13.3. The fourth-order valence-electron chi connectivity index (χ4n) is 1.90. The zero-order valence-electron chi connectivity index (χ0n) is 8.01. The lowest BCUT2D eigenvalue weighted by Gasteiger charge is -2.24. The molecule has 0 fully saturated rings. The van der Waals surface area contributed by atoms with Crippen molar-refractivity contribution in [3.8, 4) is 0 Å². The number of hydrogen-bond donors (Lipinski definition) is 1. The summed E-state index contributed by atoms with van der Waals surface area (Å²) in [6, 6.07) is 4.94. The average Bonchev–Trinajstić information content (AvgIpc) is 2.18. The molecule has 2 nitrogen and oxygen atoms in total. The van der Waals surface area contributed by atoms with Crippen LogP contribution in [-0.2, 0) is 4.79 Å². The molecule has 1 aromatic rings. The lowest BCUT2D eigenvalue weighted by Crippen LogP contribution is -2.23. The quantitative estimate of drug-likeness (QED) is 0.729. The molecule has 0 saturated heterocycles. The van der Waals surface area contributed by atoms with E-state index >= 15 is 0 Å². The van der Waals surface area contributed by atoms with Crippen molar-refractivity contribution in [2.24, 2.45) is 0 Å². The van der Waals surface area contributed by atoms with Crippen molar-refractivity contribution < 1.29 is 9.18 Å². The minimum absolute atomic E-state index is 0.0885. The van der Waals surface area contributed by atoms with Gasteiger partial charge in [0.1, 0.15) is 5.82 Å². The van der Waals surface area contributed by atoms with Crippen LogP contribution < -0.4 is 5.32 Å². The largest absolute Gasteiger partial charge is 0.323 e. The summed E-state index contributed by atoms with van der Waals surface area (Å²) in [5.41, 5.74) is 1.29. The topological polar surface area (TPSA) is 29.1 Å². The van der Waals surface area contributed by atoms with E-state index in [0.717, 1.165) is 12.0 Å². The summed E-state index contributed by atoms with van der Waals surface area (Å²) in [6.07, 6.45) is 1.33. The molecule has 1 amide bonds. The maximum Gasteiger partial charge on any atom is 0.225 e. The highest BCUT2D eigenvalue weighted by atomic mass is 19.1. The second kappa shape index (κ2) is 3.40. The Bertz CT molecular complexity index is 376. The summed E-state index contributed by atoms with van der Waals surface area (Å²) in [5, 5.41) is 2.58. The fraction of sp³-hybridized carbons (Fsp3) is 0.364. The van der Waals surface area contributed by atoms with Crippen molar-refractivity contribution in [1.82, 2.24) is 0 Å². The molecule has 0 saturated carbocycles. The highest BCUT2D eigenvalue weighted by Gasteiger charge is 2.25. The molecule has 0 aliphatic carbocycles. The molecule has 0 radical (unpaired) electrons. The Kier molecular flexibility index (Phi) is 2.23. The van der Waals surface area contributed by atoms with E-state index in [9.17, 15) is 9.18 Å². The lowest BCUT2D eigenvalue weighted by atomic mass is 9.88. The molecule has 1 aliphatic heterocycles. The number of nitrogens with one attached hydrogen (secondary N) is 1. The lowest BCUT2D eigenvalue weighted by molar-refractivity contribution is -0.116. The van der Waals surface area contributed by atoms with Gasteiger partial charge in [0, 0.05) is 6.42 Å². The first-order valence-electron chi connectivity index (χ1n) is 4.80. The molecular weight excluding hydrogens is 181 g/mol. The molecule has 1 atom stereocenters. The van der Waals surface area contributed by atoms with Crippen LogP contribution in [-0.4, -0.2) is 5.91 Å². The predicted octanol–water partition coefficient (Wildman–Crippen LogP) is 2.66. The molecule has 1 aromatic carbocycles. The molecule has 1 N–H and O–H groups in total. The first kappa shape index (κ1) is 9.19. The van der Waals surface area contributed by atoms with Gasteiger partial charge in [-0.3, -0.25) is 4.79 Å². The van der Waals surface area contributed by atoms with Gasteiger partial charge in [0.05, 0.1) is 5.69 Å². The van der Waals surface area contributed by atoms with E-state index in [0.29, 0.717) is 12.1 Å². The van der Waals surface area contributed by atoms with Crippen molar-refractivity contribution >= 4 is 11.6 Å². The van der Waals surface area contributed by atoms with Crippen molar-refractivity contribution in [2.75, 3.05) is 5.32 Å². The molecule has 0 bridgehead atoms. The van der Waals surface area contributed by atoms with Crippen molar-refractivity contribution in [2.45, 2.75) is 25.7 Å². The van der Waals surface area contributed by atoms with Gasteiger partial charge < -0.3 is 5.32 Å². The maximum absolute atomic E-state index is 13.3. The predicted molar refractivity (Wildman–Crippen MR) is 52.7 cm³/mol. The van der Waals surface area contributed by atoms with Gasteiger partial charge in [-0.1, -0.05) is 19.1 Å². The number of carbonyl (C=O) groups is 1. The second-order valence-corrected chi connectivity index (χ2v) is 3.56. The standard InChI is InChI=1S/C11H12FNO/c1-2-7-6-10(14)13-11-8(7)4-3-5-9(11)12/h3-5,7H,2,6H2,1H3,(H,13,14). The van der Waals surface area contributed by atoms with Gasteiger partial charge in [-0.25, -0.2) is 4.39 Å². The Morgan fingerprint density at radius 1 is 1.57 bits per heavy atom. The minimum atomic E-state index is -0.339. The van der Waals surface area contributed by atoms with E-state index in [4.69, 9.17) is 0 Å². The summed E-state index contributed by atoms with van der Waals surface area (Å²) >= 11 is 0. The van der Waals surface area contributed by atoms with Crippen molar-refractivity contribution in [3.05, 3.63) is 29.6 Å². The number of rotatable bonds is 1. The van der Waals surface area contributed by atoms with Gasteiger partial charge in [-0.2, -0.15) is 0 Å². The van der Waals surface area contributed by atoms with Crippen molar-refractivity contribution in [3.63, 3.8) is 0 Å². The third-order valence-corrected chi connectivity index (χ3v) is 2.67. The van der Waals surface area contributed by atoms with Crippen LogP contribution in [0.5, 0.6) is 0 Å². The molecule has 2 rings (SSSR count). The van der Waals surface area contributed by atoms with E-state index in [1.165, 1.54) is 6.07 Å². The number of carbonyl (C=O) groups excluding carboxylic acids is 1. The van der Waals surface area contributed by atoms with Crippen LogP contribution in [0.2, 0.25) is 0 Å². The van der Waals surface area contributed by atoms with Gasteiger partial charge in [0.2, 0.25) is 5.91 Å². The van der Waals surface area contributed by atoms with Gasteiger partial charge in [-0.05, 0) is 24.0 Å². The third-order valence-electron chi connectivity index (χ3n) is 2.67. The number of halogens is 1. The number of hydrogen-bond acceptors (Lipinski definition) is 1. The van der Waals surface area contributed by atoms with Crippen LogP contribution >= 0.6 is 0 Å². The summed E-state index contributed by atoms with van der Waals surface area (Å²) in [4.78, 5) is 11.3.